The van der Waals surface area contributed by atoms with Crippen LogP contribution in [0.5, 0.6) is 0 Å². The third-order valence-corrected chi connectivity index (χ3v) is 4.04. The molecule has 0 spiro atoms. The largest absolute Gasteiger partial charge is 0.384 e. The van der Waals surface area contributed by atoms with Crippen LogP contribution in [0.15, 0.2) is 36.5 Å². The van der Waals surface area contributed by atoms with E-state index in [2.05, 4.69) is 15.5 Å². The van der Waals surface area contributed by atoms with Crippen LogP contribution in [0.1, 0.15) is 17.8 Å². The zero-order valence-electron chi connectivity index (χ0n) is 13.1. The first-order chi connectivity index (χ1) is 11.6. The predicted octanol–water partition coefficient (Wildman–Crippen LogP) is 3.64. The van der Waals surface area contributed by atoms with Crippen LogP contribution in [-0.2, 0) is 6.42 Å². The Labute approximate surface area is 143 Å². The fraction of sp³-hybridized carbons (Fsp3) is 0.250. The predicted molar refractivity (Wildman–Crippen MR) is 92.6 cm³/mol. The molecule has 0 amide bonds. The number of fused-ring (bicyclic) bond motifs is 1. The Morgan fingerprint density at radius 3 is 2.92 bits per heavy atom. The maximum atomic E-state index is 10.8. The summed E-state index contributed by atoms with van der Waals surface area (Å²) in [5.41, 5.74) is 2.31. The summed E-state index contributed by atoms with van der Waals surface area (Å²) in [6, 6.07) is 8.66. The minimum Gasteiger partial charge on any atom is -0.384 e. The van der Waals surface area contributed by atoms with Gasteiger partial charge in [0.15, 0.2) is 5.65 Å². The molecule has 0 unspecified atom stereocenters. The van der Waals surface area contributed by atoms with Crippen molar-refractivity contribution < 1.29 is 4.92 Å². The van der Waals surface area contributed by atoms with Crippen molar-refractivity contribution in [3.05, 3.63) is 63.1 Å². The number of nitro groups is 1. The van der Waals surface area contributed by atoms with Crippen LogP contribution in [-0.4, -0.2) is 26.1 Å². The highest BCUT2D eigenvalue weighted by atomic mass is 35.5. The summed E-state index contributed by atoms with van der Waals surface area (Å²) in [6.07, 6.45) is 3.54. The number of non-ortho nitro benzene ring substituents is 1. The molecule has 0 aliphatic rings. The van der Waals surface area contributed by atoms with Crippen molar-refractivity contribution in [2.75, 3.05) is 11.9 Å². The van der Waals surface area contributed by atoms with Crippen molar-refractivity contribution in [3.8, 4) is 0 Å². The molecule has 0 aliphatic carbocycles. The van der Waals surface area contributed by atoms with Crippen molar-refractivity contribution in [2.45, 2.75) is 19.8 Å². The Kier molecular flexibility index (Phi) is 4.61. The number of hydrogen-bond acceptors (Lipinski definition) is 5. The van der Waals surface area contributed by atoms with E-state index in [0.717, 1.165) is 35.6 Å². The van der Waals surface area contributed by atoms with E-state index in [9.17, 15) is 10.1 Å². The minimum absolute atomic E-state index is 0.00187. The fourth-order valence-electron chi connectivity index (χ4n) is 2.58. The summed E-state index contributed by atoms with van der Waals surface area (Å²) in [4.78, 5) is 10.4. The molecule has 0 saturated carbocycles. The summed E-state index contributed by atoms with van der Waals surface area (Å²) in [7, 11) is 0. The number of nitrogens with zero attached hydrogens (tertiary/aromatic N) is 4. The standard InChI is InChI=1S/C16H16ClN5O2/c1-11-9-12(22(23)24)10-13(17)16(11)18-7-4-6-15-20-19-14-5-2-3-8-21(14)15/h2-3,5,8-10,18H,4,6-7H2,1H3. The number of pyridine rings is 1. The molecule has 3 rings (SSSR count). The van der Waals surface area contributed by atoms with Gasteiger partial charge in [-0.15, -0.1) is 10.2 Å². The van der Waals surface area contributed by atoms with Crippen molar-refractivity contribution in [1.29, 1.82) is 0 Å². The van der Waals surface area contributed by atoms with Gasteiger partial charge in [-0.25, -0.2) is 0 Å². The zero-order chi connectivity index (χ0) is 17.1. The zero-order valence-corrected chi connectivity index (χ0v) is 13.8. The summed E-state index contributed by atoms with van der Waals surface area (Å²) in [6.45, 7) is 2.48. The van der Waals surface area contributed by atoms with Gasteiger partial charge in [0, 0.05) is 31.3 Å². The number of hydrogen-bond donors (Lipinski definition) is 1. The van der Waals surface area contributed by atoms with E-state index < -0.39 is 4.92 Å². The maximum absolute atomic E-state index is 10.8. The van der Waals surface area contributed by atoms with Crippen molar-refractivity contribution >= 4 is 28.6 Å². The molecule has 7 nitrogen and oxygen atoms in total. The van der Waals surface area contributed by atoms with Crippen molar-refractivity contribution in [2.24, 2.45) is 0 Å². The second-order valence-corrected chi connectivity index (χ2v) is 5.86. The number of aryl methyl sites for hydroxylation is 2. The monoisotopic (exact) mass is 345 g/mol. The van der Waals surface area contributed by atoms with Gasteiger partial charge in [-0.3, -0.25) is 14.5 Å². The lowest BCUT2D eigenvalue weighted by Gasteiger charge is -2.11. The normalized spacial score (nSPS) is 10.9. The highest BCUT2D eigenvalue weighted by Gasteiger charge is 2.13. The van der Waals surface area contributed by atoms with Gasteiger partial charge >= 0.3 is 0 Å². The average molecular weight is 346 g/mol. The molecule has 0 saturated heterocycles. The first kappa shape index (κ1) is 16.2. The van der Waals surface area contributed by atoms with Crippen LogP contribution >= 0.6 is 11.6 Å². The molecule has 0 atom stereocenters. The molecule has 24 heavy (non-hydrogen) atoms. The number of nitrogens with one attached hydrogen (secondary N) is 1. The quantitative estimate of drug-likeness (QED) is 0.418. The van der Waals surface area contributed by atoms with Gasteiger partial charge in [0.2, 0.25) is 0 Å². The Hall–Kier alpha value is -2.67. The van der Waals surface area contributed by atoms with Crippen LogP contribution in [0.3, 0.4) is 0 Å². The highest BCUT2D eigenvalue weighted by molar-refractivity contribution is 6.33. The molecule has 1 aromatic carbocycles. The number of anilines is 1. The van der Waals surface area contributed by atoms with E-state index in [1.54, 1.807) is 6.92 Å². The van der Waals surface area contributed by atoms with E-state index in [1.165, 1.54) is 12.1 Å². The molecule has 0 radical (unpaired) electrons. The van der Waals surface area contributed by atoms with E-state index >= 15 is 0 Å². The first-order valence-electron chi connectivity index (χ1n) is 7.53. The molecule has 2 aromatic heterocycles. The molecule has 3 aromatic rings. The molecule has 0 bridgehead atoms. The van der Waals surface area contributed by atoms with Crippen LogP contribution in [0.2, 0.25) is 5.02 Å². The van der Waals surface area contributed by atoms with E-state index in [-0.39, 0.29) is 5.69 Å². The van der Waals surface area contributed by atoms with Gasteiger partial charge in [0.25, 0.3) is 5.69 Å². The lowest BCUT2D eigenvalue weighted by atomic mass is 10.1. The van der Waals surface area contributed by atoms with E-state index in [0.29, 0.717) is 11.6 Å². The Morgan fingerprint density at radius 2 is 2.17 bits per heavy atom. The molecule has 0 aliphatic heterocycles. The lowest BCUT2D eigenvalue weighted by Crippen LogP contribution is -2.06. The summed E-state index contributed by atoms with van der Waals surface area (Å²) >= 11 is 6.14. The number of nitro benzene ring substituents is 1. The Morgan fingerprint density at radius 1 is 1.33 bits per heavy atom. The summed E-state index contributed by atoms with van der Waals surface area (Å²) in [5, 5.41) is 22.7. The fourth-order valence-corrected chi connectivity index (χ4v) is 2.90. The van der Waals surface area contributed by atoms with Crippen LogP contribution in [0, 0.1) is 17.0 Å². The third kappa shape index (κ3) is 3.30. The smallest absolute Gasteiger partial charge is 0.271 e. The van der Waals surface area contributed by atoms with Gasteiger partial charge in [-0.05, 0) is 31.0 Å². The molecule has 2 heterocycles. The second-order valence-electron chi connectivity index (χ2n) is 5.45. The molecule has 8 heteroatoms. The summed E-state index contributed by atoms with van der Waals surface area (Å²) in [5.74, 6) is 0.902. The van der Waals surface area contributed by atoms with Gasteiger partial charge < -0.3 is 5.32 Å². The Bertz CT molecular complexity index is 870. The lowest BCUT2D eigenvalue weighted by molar-refractivity contribution is -0.384. The molecule has 124 valence electrons. The van der Waals surface area contributed by atoms with Gasteiger partial charge in [0.1, 0.15) is 5.82 Å². The van der Waals surface area contributed by atoms with Gasteiger partial charge in [-0.2, -0.15) is 0 Å². The van der Waals surface area contributed by atoms with E-state index in [1.807, 2.05) is 28.8 Å². The SMILES string of the molecule is Cc1cc([N+](=O)[O-])cc(Cl)c1NCCCc1nnc2ccccn12. The molecular formula is C16H16ClN5O2. The first-order valence-corrected chi connectivity index (χ1v) is 7.91. The Balaban J connectivity index is 1.62. The molecule has 0 fully saturated rings. The van der Waals surface area contributed by atoms with Crippen LogP contribution in [0.4, 0.5) is 11.4 Å². The minimum atomic E-state index is -0.445. The number of rotatable bonds is 6. The average Bonchev–Trinajstić information content (AvgIpc) is 2.96. The third-order valence-electron chi connectivity index (χ3n) is 3.75. The molecule has 1 N–H and O–H groups in total. The van der Waals surface area contributed by atoms with E-state index in [4.69, 9.17) is 11.6 Å². The van der Waals surface area contributed by atoms with Crippen molar-refractivity contribution in [3.63, 3.8) is 0 Å². The van der Waals surface area contributed by atoms with Gasteiger partial charge in [-0.1, -0.05) is 17.7 Å². The number of aromatic nitrogens is 3. The maximum Gasteiger partial charge on any atom is 0.271 e. The number of benzene rings is 1. The second kappa shape index (κ2) is 6.84. The van der Waals surface area contributed by atoms with Crippen LogP contribution < -0.4 is 5.32 Å². The van der Waals surface area contributed by atoms with Gasteiger partial charge in [0.05, 0.1) is 15.6 Å². The summed E-state index contributed by atoms with van der Waals surface area (Å²) < 4.78 is 1.96. The molecular weight excluding hydrogens is 330 g/mol. The van der Waals surface area contributed by atoms with Crippen molar-refractivity contribution in [1.82, 2.24) is 14.6 Å². The topological polar surface area (TPSA) is 85.4 Å². The number of halogens is 1. The van der Waals surface area contributed by atoms with Crippen LogP contribution in [0.25, 0.3) is 5.65 Å². The highest BCUT2D eigenvalue weighted by Crippen LogP contribution is 2.30.